The number of halogens is 2. The summed E-state index contributed by atoms with van der Waals surface area (Å²) in [6, 6.07) is 5.68. The van der Waals surface area contributed by atoms with Crippen molar-refractivity contribution in [3.8, 4) is 0 Å². The molecule has 0 atom stereocenters. The van der Waals surface area contributed by atoms with E-state index in [4.69, 9.17) is 0 Å². The van der Waals surface area contributed by atoms with Crippen molar-refractivity contribution < 1.29 is 4.39 Å². The van der Waals surface area contributed by atoms with Gasteiger partial charge in [0.25, 0.3) is 0 Å². The molecule has 0 spiro atoms. The number of hydrogen-bond acceptors (Lipinski definition) is 1. The second kappa shape index (κ2) is 6.24. The van der Waals surface area contributed by atoms with Crippen LogP contribution in [0.4, 0.5) is 10.1 Å². The summed E-state index contributed by atoms with van der Waals surface area (Å²) in [7, 11) is 0. The Hall–Kier alpha value is -0.570. The van der Waals surface area contributed by atoms with E-state index in [1.165, 1.54) is 6.07 Å². The van der Waals surface area contributed by atoms with Crippen molar-refractivity contribution in [1.82, 2.24) is 0 Å². The predicted molar refractivity (Wildman–Crippen MR) is 71.8 cm³/mol. The van der Waals surface area contributed by atoms with E-state index in [1.807, 2.05) is 6.07 Å². The van der Waals surface area contributed by atoms with Crippen LogP contribution in [0.25, 0.3) is 0 Å². The molecule has 0 saturated heterocycles. The average molecular weight is 288 g/mol. The fourth-order valence-corrected chi connectivity index (χ4v) is 2.40. The summed E-state index contributed by atoms with van der Waals surface area (Å²) in [6.07, 6.45) is 1.07. The highest BCUT2D eigenvalue weighted by molar-refractivity contribution is 9.08. The second-order valence-electron chi connectivity index (χ2n) is 4.16. The number of hydrogen-bond donors (Lipinski definition) is 0. The SMILES string of the molecule is CCCN(c1cccc(F)c1CBr)C(C)C. The van der Waals surface area contributed by atoms with Crippen molar-refractivity contribution in [2.24, 2.45) is 0 Å². The minimum Gasteiger partial charge on any atom is -0.369 e. The third-order valence-corrected chi connectivity index (χ3v) is 3.19. The van der Waals surface area contributed by atoms with Crippen LogP contribution < -0.4 is 4.90 Å². The molecule has 0 radical (unpaired) electrons. The average Bonchev–Trinajstić information content (AvgIpc) is 2.25. The molecule has 16 heavy (non-hydrogen) atoms. The van der Waals surface area contributed by atoms with Crippen molar-refractivity contribution in [2.75, 3.05) is 11.4 Å². The summed E-state index contributed by atoms with van der Waals surface area (Å²) < 4.78 is 13.7. The maximum atomic E-state index is 13.7. The van der Waals surface area contributed by atoms with Crippen LogP contribution in [0.15, 0.2) is 18.2 Å². The highest BCUT2D eigenvalue weighted by Crippen LogP contribution is 2.27. The number of anilines is 1. The zero-order valence-corrected chi connectivity index (χ0v) is 11.7. The molecule has 0 unspecified atom stereocenters. The molecule has 0 fully saturated rings. The maximum absolute atomic E-state index is 13.7. The van der Waals surface area contributed by atoms with Gasteiger partial charge in [0.1, 0.15) is 5.82 Å². The van der Waals surface area contributed by atoms with Crippen LogP contribution in [-0.4, -0.2) is 12.6 Å². The third-order valence-electron chi connectivity index (χ3n) is 2.63. The number of rotatable bonds is 5. The molecule has 0 bridgehead atoms. The molecule has 1 aromatic carbocycles. The summed E-state index contributed by atoms with van der Waals surface area (Å²) in [4.78, 5) is 2.25. The quantitative estimate of drug-likeness (QED) is 0.728. The zero-order chi connectivity index (χ0) is 12.1. The molecular formula is C13H19BrFN. The van der Waals surface area contributed by atoms with E-state index in [9.17, 15) is 4.39 Å². The molecule has 0 amide bonds. The Labute approximate surface area is 106 Å². The van der Waals surface area contributed by atoms with Gasteiger partial charge in [-0.3, -0.25) is 0 Å². The lowest BCUT2D eigenvalue weighted by Gasteiger charge is -2.30. The van der Waals surface area contributed by atoms with Crippen LogP contribution in [0.2, 0.25) is 0 Å². The van der Waals surface area contributed by atoms with E-state index in [0.29, 0.717) is 11.4 Å². The van der Waals surface area contributed by atoms with Gasteiger partial charge in [-0.1, -0.05) is 28.9 Å². The van der Waals surface area contributed by atoms with Crippen LogP contribution in [0.1, 0.15) is 32.8 Å². The predicted octanol–water partition coefficient (Wildman–Crippen LogP) is 4.35. The lowest BCUT2D eigenvalue weighted by Crippen LogP contribution is -2.32. The third kappa shape index (κ3) is 2.97. The van der Waals surface area contributed by atoms with Gasteiger partial charge >= 0.3 is 0 Å². The number of nitrogens with zero attached hydrogens (tertiary/aromatic N) is 1. The minimum absolute atomic E-state index is 0.129. The summed E-state index contributed by atoms with van der Waals surface area (Å²) in [5, 5.41) is 0.557. The van der Waals surface area contributed by atoms with Gasteiger partial charge in [-0.15, -0.1) is 0 Å². The van der Waals surface area contributed by atoms with Gasteiger partial charge in [-0.25, -0.2) is 4.39 Å². The molecule has 0 heterocycles. The van der Waals surface area contributed by atoms with Crippen LogP contribution in [0.5, 0.6) is 0 Å². The summed E-state index contributed by atoms with van der Waals surface area (Å²) >= 11 is 3.36. The first-order valence-corrected chi connectivity index (χ1v) is 6.84. The molecule has 0 N–H and O–H groups in total. The fraction of sp³-hybridized carbons (Fsp3) is 0.538. The molecule has 0 aliphatic heterocycles. The fourth-order valence-electron chi connectivity index (χ4n) is 1.85. The van der Waals surface area contributed by atoms with Gasteiger partial charge in [0.2, 0.25) is 0 Å². The van der Waals surface area contributed by atoms with Gasteiger partial charge in [-0.2, -0.15) is 0 Å². The monoisotopic (exact) mass is 287 g/mol. The van der Waals surface area contributed by atoms with Crippen LogP contribution in [0.3, 0.4) is 0 Å². The summed E-state index contributed by atoms with van der Waals surface area (Å²) in [5.41, 5.74) is 1.76. The Morgan fingerprint density at radius 3 is 2.56 bits per heavy atom. The van der Waals surface area contributed by atoms with Gasteiger partial charge in [0.05, 0.1) is 0 Å². The number of benzene rings is 1. The number of alkyl halides is 1. The lowest BCUT2D eigenvalue weighted by atomic mass is 10.1. The largest absolute Gasteiger partial charge is 0.369 e. The topological polar surface area (TPSA) is 3.24 Å². The Balaban J connectivity index is 3.12. The first kappa shape index (κ1) is 13.5. The molecule has 3 heteroatoms. The first-order chi connectivity index (χ1) is 7.61. The van der Waals surface area contributed by atoms with Crippen LogP contribution in [0, 0.1) is 5.82 Å². The zero-order valence-electron chi connectivity index (χ0n) is 10.1. The summed E-state index contributed by atoms with van der Waals surface area (Å²) in [5.74, 6) is -0.129. The molecular weight excluding hydrogens is 269 g/mol. The van der Waals surface area contributed by atoms with Crippen molar-refractivity contribution in [3.63, 3.8) is 0 Å². The van der Waals surface area contributed by atoms with Gasteiger partial charge in [0, 0.05) is 29.2 Å². The highest BCUT2D eigenvalue weighted by atomic mass is 79.9. The van der Waals surface area contributed by atoms with Gasteiger partial charge in [0.15, 0.2) is 0 Å². The van der Waals surface area contributed by atoms with E-state index in [-0.39, 0.29) is 5.82 Å². The van der Waals surface area contributed by atoms with Crippen molar-refractivity contribution in [3.05, 3.63) is 29.6 Å². The Kier molecular flexibility index (Phi) is 5.26. The molecule has 0 saturated carbocycles. The minimum atomic E-state index is -0.129. The van der Waals surface area contributed by atoms with Crippen molar-refractivity contribution >= 4 is 21.6 Å². The maximum Gasteiger partial charge on any atom is 0.129 e. The van der Waals surface area contributed by atoms with E-state index in [1.54, 1.807) is 6.07 Å². The highest BCUT2D eigenvalue weighted by Gasteiger charge is 2.15. The molecule has 1 aromatic rings. The molecule has 0 aliphatic rings. The van der Waals surface area contributed by atoms with E-state index in [0.717, 1.165) is 24.2 Å². The smallest absolute Gasteiger partial charge is 0.129 e. The van der Waals surface area contributed by atoms with E-state index in [2.05, 4.69) is 41.6 Å². The molecule has 90 valence electrons. The lowest BCUT2D eigenvalue weighted by molar-refractivity contribution is 0.610. The molecule has 1 rings (SSSR count). The summed E-state index contributed by atoms with van der Waals surface area (Å²) in [6.45, 7) is 7.38. The Morgan fingerprint density at radius 2 is 2.06 bits per heavy atom. The van der Waals surface area contributed by atoms with Crippen molar-refractivity contribution in [1.29, 1.82) is 0 Å². The molecule has 0 aliphatic carbocycles. The Morgan fingerprint density at radius 1 is 1.38 bits per heavy atom. The van der Waals surface area contributed by atoms with Crippen molar-refractivity contribution in [2.45, 2.75) is 38.6 Å². The van der Waals surface area contributed by atoms with E-state index < -0.39 is 0 Å². The van der Waals surface area contributed by atoms with Gasteiger partial charge in [-0.05, 0) is 32.4 Å². The second-order valence-corrected chi connectivity index (χ2v) is 4.72. The normalized spacial score (nSPS) is 10.9. The van der Waals surface area contributed by atoms with E-state index >= 15 is 0 Å². The first-order valence-electron chi connectivity index (χ1n) is 5.71. The molecule has 1 nitrogen and oxygen atoms in total. The Bertz CT molecular complexity index is 339. The standard InChI is InChI=1S/C13H19BrFN/c1-4-8-16(10(2)3)13-7-5-6-12(15)11(13)9-14/h5-7,10H,4,8-9H2,1-3H3. The van der Waals surface area contributed by atoms with Gasteiger partial charge < -0.3 is 4.90 Å². The van der Waals surface area contributed by atoms with Crippen LogP contribution >= 0.6 is 15.9 Å². The molecule has 0 aromatic heterocycles. The van der Waals surface area contributed by atoms with Crippen LogP contribution in [-0.2, 0) is 5.33 Å².